The van der Waals surface area contributed by atoms with E-state index in [9.17, 15) is 8.42 Å². The van der Waals surface area contributed by atoms with Crippen LogP contribution in [-0.4, -0.2) is 22.0 Å². The Labute approximate surface area is 121 Å². The molecule has 2 aromatic rings. The number of thiophene rings is 2. The fourth-order valence-corrected chi connectivity index (χ4v) is 4.62. The third-order valence-electron chi connectivity index (χ3n) is 2.52. The first-order valence-electron chi connectivity index (χ1n) is 5.86. The van der Waals surface area contributed by atoms with Crippen LogP contribution in [0.25, 0.3) is 0 Å². The van der Waals surface area contributed by atoms with Crippen LogP contribution in [0, 0.1) is 0 Å². The highest BCUT2D eigenvalue weighted by Crippen LogP contribution is 2.20. The summed E-state index contributed by atoms with van der Waals surface area (Å²) in [4.78, 5) is 1.18. The highest BCUT2D eigenvalue weighted by atomic mass is 32.2. The summed E-state index contributed by atoms with van der Waals surface area (Å²) >= 11 is 2.90. The first-order valence-corrected chi connectivity index (χ1v) is 9.10. The maximum Gasteiger partial charge on any atom is 0.250 e. The molecular weight excluding hydrogens is 300 g/mol. The van der Waals surface area contributed by atoms with Gasteiger partial charge in [-0.25, -0.2) is 13.1 Å². The highest BCUT2D eigenvalue weighted by molar-refractivity contribution is 7.91. The Balaban J connectivity index is 1.93. The monoisotopic (exact) mass is 316 g/mol. The number of hydrogen-bond donors (Lipinski definition) is 2. The predicted octanol–water partition coefficient (Wildman–Crippen LogP) is 2.05. The summed E-state index contributed by atoms with van der Waals surface area (Å²) in [5.74, 6) is 0. The lowest BCUT2D eigenvalue weighted by molar-refractivity contribution is 0.584. The zero-order chi connectivity index (χ0) is 13.7. The van der Waals surface area contributed by atoms with Gasteiger partial charge in [-0.3, -0.25) is 0 Å². The Morgan fingerprint density at radius 3 is 2.84 bits per heavy atom. The molecule has 0 atom stereocenters. The predicted molar refractivity (Wildman–Crippen MR) is 80.3 cm³/mol. The maximum absolute atomic E-state index is 12.1. The fraction of sp³-hybridized carbons (Fsp3) is 0.333. The Morgan fingerprint density at radius 2 is 2.16 bits per heavy atom. The van der Waals surface area contributed by atoms with Gasteiger partial charge in [0.15, 0.2) is 0 Å². The van der Waals surface area contributed by atoms with Crippen LogP contribution in [0.1, 0.15) is 10.4 Å². The zero-order valence-corrected chi connectivity index (χ0v) is 13.0. The van der Waals surface area contributed by atoms with Crippen molar-refractivity contribution in [2.45, 2.75) is 17.2 Å². The van der Waals surface area contributed by atoms with Gasteiger partial charge in [-0.15, -0.1) is 22.7 Å². The van der Waals surface area contributed by atoms with Gasteiger partial charge in [0, 0.05) is 18.0 Å². The van der Waals surface area contributed by atoms with E-state index in [0.29, 0.717) is 17.3 Å². The van der Waals surface area contributed by atoms with Crippen LogP contribution in [0.5, 0.6) is 0 Å². The summed E-state index contributed by atoms with van der Waals surface area (Å²) in [6, 6.07) is 5.70. The van der Waals surface area contributed by atoms with Gasteiger partial charge in [0.05, 0.1) is 0 Å². The lowest BCUT2D eigenvalue weighted by atomic mass is 10.3. The van der Waals surface area contributed by atoms with Crippen molar-refractivity contribution in [1.82, 2.24) is 10.0 Å². The number of hydrogen-bond acceptors (Lipinski definition) is 5. The molecule has 0 aliphatic carbocycles. The number of rotatable bonds is 7. The Kier molecular flexibility index (Phi) is 5.12. The summed E-state index contributed by atoms with van der Waals surface area (Å²) in [5, 5.41) is 6.86. The van der Waals surface area contributed by atoms with E-state index in [0.717, 1.165) is 12.0 Å². The van der Waals surface area contributed by atoms with Crippen molar-refractivity contribution in [1.29, 1.82) is 0 Å². The molecule has 0 bridgehead atoms. The molecule has 0 saturated heterocycles. The van der Waals surface area contributed by atoms with Crippen LogP contribution < -0.4 is 10.0 Å². The van der Waals surface area contributed by atoms with E-state index in [-0.39, 0.29) is 0 Å². The van der Waals surface area contributed by atoms with Crippen molar-refractivity contribution in [3.05, 3.63) is 39.4 Å². The van der Waals surface area contributed by atoms with E-state index in [1.165, 1.54) is 16.2 Å². The minimum Gasteiger partial charge on any atom is -0.316 e. The van der Waals surface area contributed by atoms with Crippen molar-refractivity contribution < 1.29 is 8.42 Å². The average molecular weight is 316 g/mol. The minimum absolute atomic E-state index is 0.379. The second kappa shape index (κ2) is 6.62. The van der Waals surface area contributed by atoms with Crippen LogP contribution >= 0.6 is 22.7 Å². The quantitative estimate of drug-likeness (QED) is 0.822. The summed E-state index contributed by atoms with van der Waals surface area (Å²) in [7, 11) is -1.53. The maximum atomic E-state index is 12.1. The molecule has 0 spiro atoms. The van der Waals surface area contributed by atoms with Crippen molar-refractivity contribution in [3.63, 3.8) is 0 Å². The second-order valence-corrected chi connectivity index (χ2v) is 7.97. The van der Waals surface area contributed by atoms with Crippen LogP contribution in [0.2, 0.25) is 0 Å². The van der Waals surface area contributed by atoms with Gasteiger partial charge in [0.2, 0.25) is 10.0 Å². The van der Waals surface area contributed by atoms with Gasteiger partial charge in [-0.2, -0.15) is 0 Å². The third kappa shape index (κ3) is 4.12. The summed E-state index contributed by atoms with van der Waals surface area (Å²) in [6.45, 7) is 1.11. The van der Waals surface area contributed by atoms with E-state index in [2.05, 4.69) is 10.0 Å². The van der Waals surface area contributed by atoms with Gasteiger partial charge >= 0.3 is 0 Å². The van der Waals surface area contributed by atoms with E-state index < -0.39 is 10.0 Å². The van der Waals surface area contributed by atoms with Crippen molar-refractivity contribution in [2.75, 3.05) is 13.6 Å². The molecule has 0 aromatic carbocycles. The van der Waals surface area contributed by atoms with Gasteiger partial charge in [0.1, 0.15) is 4.21 Å². The topological polar surface area (TPSA) is 58.2 Å². The van der Waals surface area contributed by atoms with Crippen LogP contribution in [0.15, 0.2) is 33.2 Å². The summed E-state index contributed by atoms with van der Waals surface area (Å²) < 4.78 is 27.1. The van der Waals surface area contributed by atoms with E-state index >= 15 is 0 Å². The van der Waals surface area contributed by atoms with E-state index in [1.54, 1.807) is 17.4 Å². The van der Waals surface area contributed by atoms with Crippen molar-refractivity contribution in [3.8, 4) is 0 Å². The standard InChI is InChI=1S/C12H16N2O2S3/c1-13-8-10-7-12(18-9-10)19(15,16)14-5-4-11-3-2-6-17-11/h2-3,6-7,9,13-14H,4-5,8H2,1H3. The molecule has 0 aliphatic rings. The minimum atomic E-state index is -3.37. The molecule has 0 radical (unpaired) electrons. The largest absolute Gasteiger partial charge is 0.316 e. The molecule has 19 heavy (non-hydrogen) atoms. The Hall–Kier alpha value is -0.730. The average Bonchev–Trinajstić information content (AvgIpc) is 3.00. The summed E-state index contributed by atoms with van der Waals surface area (Å²) in [6.07, 6.45) is 0.728. The van der Waals surface area contributed by atoms with Gasteiger partial charge in [0.25, 0.3) is 0 Å². The molecule has 4 nitrogen and oxygen atoms in total. The van der Waals surface area contributed by atoms with Crippen molar-refractivity contribution >= 4 is 32.7 Å². The Morgan fingerprint density at radius 1 is 1.32 bits per heavy atom. The fourth-order valence-electron chi connectivity index (χ4n) is 1.63. The number of nitrogens with one attached hydrogen (secondary N) is 2. The van der Waals surface area contributed by atoms with Gasteiger partial charge < -0.3 is 5.32 Å². The zero-order valence-electron chi connectivity index (χ0n) is 10.5. The highest BCUT2D eigenvalue weighted by Gasteiger charge is 2.16. The van der Waals surface area contributed by atoms with E-state index in [4.69, 9.17) is 0 Å². The molecule has 104 valence electrons. The molecule has 2 N–H and O–H groups in total. The normalized spacial score (nSPS) is 11.8. The summed E-state index contributed by atoms with van der Waals surface area (Å²) in [5.41, 5.74) is 0.992. The first-order chi connectivity index (χ1) is 9.12. The molecule has 0 unspecified atom stereocenters. The van der Waals surface area contributed by atoms with E-state index in [1.807, 2.05) is 29.9 Å². The lowest BCUT2D eigenvalue weighted by Gasteiger charge is -2.03. The van der Waals surface area contributed by atoms with Gasteiger partial charge in [-0.1, -0.05) is 6.07 Å². The SMILES string of the molecule is CNCc1csc(S(=O)(=O)NCCc2cccs2)c1. The smallest absolute Gasteiger partial charge is 0.250 e. The molecular formula is C12H16N2O2S3. The molecule has 7 heteroatoms. The third-order valence-corrected chi connectivity index (χ3v) is 6.40. The molecule has 2 heterocycles. The van der Waals surface area contributed by atoms with Crippen LogP contribution in [0.3, 0.4) is 0 Å². The van der Waals surface area contributed by atoms with Crippen LogP contribution in [0.4, 0.5) is 0 Å². The molecule has 0 aliphatic heterocycles. The molecule has 0 saturated carbocycles. The van der Waals surface area contributed by atoms with Crippen LogP contribution in [-0.2, 0) is 23.0 Å². The molecule has 2 rings (SSSR count). The first kappa shape index (κ1) is 14.7. The van der Waals surface area contributed by atoms with Crippen molar-refractivity contribution in [2.24, 2.45) is 0 Å². The Bertz CT molecular complexity index is 603. The van der Waals surface area contributed by atoms with Gasteiger partial charge in [-0.05, 0) is 41.9 Å². The molecule has 2 aromatic heterocycles. The second-order valence-electron chi connectivity index (χ2n) is 4.03. The molecule has 0 amide bonds. The molecule has 0 fully saturated rings. The lowest BCUT2D eigenvalue weighted by Crippen LogP contribution is -2.25. The number of sulfonamides is 1.